The number of unbranched alkanes of at least 4 members (excludes halogenated alkanes) is 48. The number of carbonyl (C=O) groups excluding carboxylic acids is 2. The molecule has 0 heterocycles. The smallest absolute Gasteiger partial charge is 0.305 e. The quantitative estimate of drug-likeness (QED) is 0.0320. The van der Waals surface area contributed by atoms with Crippen molar-refractivity contribution in [3.05, 3.63) is 48.6 Å². The lowest BCUT2D eigenvalue weighted by molar-refractivity contribution is -0.143. The molecule has 0 aromatic carbocycles. The van der Waals surface area contributed by atoms with E-state index in [1.165, 1.54) is 295 Å². The van der Waals surface area contributed by atoms with Crippen molar-refractivity contribution in [2.24, 2.45) is 0 Å². The predicted octanol–water partition coefficient (Wildman–Crippen LogP) is 22.5. The lowest BCUT2D eigenvalue weighted by Crippen LogP contribution is -2.45. The summed E-state index contributed by atoms with van der Waals surface area (Å²) in [6.07, 6.45) is 87.7. The minimum absolute atomic E-state index is 0.0100. The van der Waals surface area contributed by atoms with Crippen LogP contribution in [0.25, 0.3) is 0 Å². The van der Waals surface area contributed by atoms with Crippen molar-refractivity contribution in [3.8, 4) is 0 Å². The Morgan fingerprint density at radius 2 is 0.641 bits per heavy atom. The molecule has 458 valence electrons. The highest BCUT2D eigenvalue weighted by Gasteiger charge is 2.18. The second kappa shape index (κ2) is 67.3. The highest BCUT2D eigenvalue weighted by molar-refractivity contribution is 5.76. The fraction of sp³-hybridized carbons (Fsp3) is 0.861. The summed E-state index contributed by atoms with van der Waals surface area (Å²) >= 11 is 0. The number of hydrogen-bond acceptors (Lipinski definition) is 5. The standard InChI is InChI=1S/C72H135NO5/c1-3-5-7-9-11-13-15-17-18-19-36-39-42-46-50-54-58-62-66-72(77)78-67-63-59-55-51-47-43-40-37-34-32-30-28-26-24-22-20-21-23-25-27-29-31-33-35-38-41-45-49-53-57-61-65-71(76)73-69(68-74)70(75)64-60-56-52-48-44-16-14-12-10-8-6-4-2/h13,15,18-19,22,24,60,64,69-70,74-75H,3-12,14,16-17,20-21,23,25-59,61-63,65-68H2,1-2H3,(H,73,76)/b15-13-,19-18-,24-22-,64-60+. The molecule has 78 heavy (non-hydrogen) atoms. The Morgan fingerprint density at radius 1 is 0.359 bits per heavy atom. The molecular formula is C72H135NO5. The van der Waals surface area contributed by atoms with Crippen molar-refractivity contribution in [1.82, 2.24) is 5.32 Å². The van der Waals surface area contributed by atoms with Gasteiger partial charge in [-0.2, -0.15) is 0 Å². The van der Waals surface area contributed by atoms with Gasteiger partial charge in [0.25, 0.3) is 0 Å². The zero-order valence-electron chi connectivity index (χ0n) is 52.4. The predicted molar refractivity (Wildman–Crippen MR) is 342 cm³/mol. The van der Waals surface area contributed by atoms with Crippen LogP contribution in [-0.4, -0.2) is 47.4 Å². The summed E-state index contributed by atoms with van der Waals surface area (Å²) in [7, 11) is 0. The molecule has 0 aliphatic carbocycles. The van der Waals surface area contributed by atoms with E-state index in [0.717, 1.165) is 51.4 Å². The molecule has 0 aromatic rings. The third-order valence-corrected chi connectivity index (χ3v) is 16.1. The Balaban J connectivity index is 3.36. The van der Waals surface area contributed by atoms with Gasteiger partial charge < -0.3 is 20.3 Å². The van der Waals surface area contributed by atoms with Gasteiger partial charge in [-0.05, 0) is 89.9 Å². The summed E-state index contributed by atoms with van der Waals surface area (Å²) in [4.78, 5) is 24.5. The van der Waals surface area contributed by atoms with Crippen LogP contribution >= 0.6 is 0 Å². The molecular weight excluding hydrogens is 959 g/mol. The molecule has 0 fully saturated rings. The summed E-state index contributed by atoms with van der Waals surface area (Å²) in [5.41, 5.74) is 0. The fourth-order valence-corrected chi connectivity index (χ4v) is 10.7. The van der Waals surface area contributed by atoms with Crippen molar-refractivity contribution in [1.29, 1.82) is 0 Å². The lowest BCUT2D eigenvalue weighted by Gasteiger charge is -2.20. The van der Waals surface area contributed by atoms with Gasteiger partial charge in [-0.3, -0.25) is 9.59 Å². The van der Waals surface area contributed by atoms with Crippen molar-refractivity contribution in [2.75, 3.05) is 13.2 Å². The van der Waals surface area contributed by atoms with E-state index < -0.39 is 12.1 Å². The SMILES string of the molecule is CCCCCC/C=C\C/C=C\CCCCCCCCCC(=O)OCCCCCCCCCCCCCC/C=C\CCCCCCCCCCCCCCCCCC(=O)NC(CO)C(O)/C=C/CCCCCCCCCCCC. The van der Waals surface area contributed by atoms with Gasteiger partial charge in [-0.25, -0.2) is 0 Å². The fourth-order valence-electron chi connectivity index (χ4n) is 10.7. The minimum Gasteiger partial charge on any atom is -0.466 e. The Morgan fingerprint density at radius 3 is 1.00 bits per heavy atom. The van der Waals surface area contributed by atoms with Crippen LogP contribution in [0.15, 0.2) is 48.6 Å². The van der Waals surface area contributed by atoms with Crippen molar-refractivity contribution in [3.63, 3.8) is 0 Å². The third-order valence-electron chi connectivity index (χ3n) is 16.1. The molecule has 6 nitrogen and oxygen atoms in total. The molecule has 2 unspecified atom stereocenters. The van der Waals surface area contributed by atoms with Gasteiger partial charge in [0.2, 0.25) is 5.91 Å². The van der Waals surface area contributed by atoms with Gasteiger partial charge in [0.1, 0.15) is 0 Å². The van der Waals surface area contributed by atoms with Crippen molar-refractivity contribution >= 4 is 11.9 Å². The van der Waals surface area contributed by atoms with Gasteiger partial charge in [0.05, 0.1) is 25.4 Å². The number of aliphatic hydroxyl groups excluding tert-OH is 2. The van der Waals surface area contributed by atoms with E-state index >= 15 is 0 Å². The number of hydrogen-bond donors (Lipinski definition) is 3. The molecule has 0 spiro atoms. The number of amides is 1. The van der Waals surface area contributed by atoms with E-state index in [9.17, 15) is 19.8 Å². The first-order valence-corrected chi connectivity index (χ1v) is 34.9. The first-order chi connectivity index (χ1) is 38.5. The highest BCUT2D eigenvalue weighted by Crippen LogP contribution is 2.18. The first kappa shape index (κ1) is 75.8. The summed E-state index contributed by atoms with van der Waals surface area (Å²) in [6.45, 7) is 4.90. The highest BCUT2D eigenvalue weighted by atomic mass is 16.5. The zero-order valence-corrected chi connectivity index (χ0v) is 52.4. The number of nitrogens with one attached hydrogen (secondary N) is 1. The maximum atomic E-state index is 12.5. The monoisotopic (exact) mass is 1090 g/mol. The topological polar surface area (TPSA) is 95.9 Å². The van der Waals surface area contributed by atoms with Gasteiger partial charge >= 0.3 is 5.97 Å². The van der Waals surface area contributed by atoms with Crippen LogP contribution in [0.5, 0.6) is 0 Å². The van der Waals surface area contributed by atoms with Crippen LogP contribution in [-0.2, 0) is 14.3 Å². The normalized spacial score (nSPS) is 12.8. The van der Waals surface area contributed by atoms with Crippen LogP contribution in [0, 0.1) is 0 Å². The number of ether oxygens (including phenoxy) is 1. The molecule has 0 saturated carbocycles. The molecule has 0 aliphatic rings. The second-order valence-electron chi connectivity index (χ2n) is 23.9. The molecule has 0 aromatic heterocycles. The van der Waals surface area contributed by atoms with Crippen LogP contribution < -0.4 is 5.32 Å². The average molecular weight is 1090 g/mol. The van der Waals surface area contributed by atoms with Crippen molar-refractivity contribution in [2.45, 2.75) is 386 Å². The number of carbonyl (C=O) groups is 2. The Kier molecular flexibility index (Phi) is 65.4. The second-order valence-corrected chi connectivity index (χ2v) is 23.9. The van der Waals surface area contributed by atoms with E-state index in [2.05, 4.69) is 55.6 Å². The van der Waals surface area contributed by atoms with E-state index in [-0.39, 0.29) is 18.5 Å². The zero-order chi connectivity index (χ0) is 56.4. The molecule has 1 amide bonds. The van der Waals surface area contributed by atoms with Crippen LogP contribution in [0.3, 0.4) is 0 Å². The molecule has 0 radical (unpaired) electrons. The molecule has 3 N–H and O–H groups in total. The van der Waals surface area contributed by atoms with Gasteiger partial charge in [-0.1, -0.05) is 319 Å². The van der Waals surface area contributed by atoms with E-state index in [4.69, 9.17) is 4.74 Å². The van der Waals surface area contributed by atoms with E-state index in [0.29, 0.717) is 19.4 Å². The average Bonchev–Trinajstić information content (AvgIpc) is 3.44. The van der Waals surface area contributed by atoms with Gasteiger partial charge in [-0.15, -0.1) is 0 Å². The minimum atomic E-state index is -0.842. The summed E-state index contributed by atoms with van der Waals surface area (Å²) in [6, 6.07) is -0.626. The molecule has 2 atom stereocenters. The number of esters is 1. The third kappa shape index (κ3) is 63.0. The molecule has 6 heteroatoms. The van der Waals surface area contributed by atoms with Crippen LogP contribution in [0.1, 0.15) is 373 Å². The molecule has 0 saturated heterocycles. The molecule has 0 bridgehead atoms. The summed E-state index contributed by atoms with van der Waals surface area (Å²) in [5.74, 6) is -0.0557. The van der Waals surface area contributed by atoms with Gasteiger partial charge in [0, 0.05) is 12.8 Å². The summed E-state index contributed by atoms with van der Waals surface area (Å²) < 4.78 is 5.50. The lowest BCUT2D eigenvalue weighted by atomic mass is 10.0. The first-order valence-electron chi connectivity index (χ1n) is 34.9. The Labute approximate surface area is 486 Å². The van der Waals surface area contributed by atoms with E-state index in [1.807, 2.05) is 6.08 Å². The Hall–Kier alpha value is -2.18. The Bertz CT molecular complexity index is 1310. The summed E-state index contributed by atoms with van der Waals surface area (Å²) in [5, 5.41) is 23.1. The largest absolute Gasteiger partial charge is 0.466 e. The number of rotatable bonds is 65. The maximum absolute atomic E-state index is 12.5. The van der Waals surface area contributed by atoms with Crippen LogP contribution in [0.4, 0.5) is 0 Å². The molecule has 0 aliphatic heterocycles. The number of allylic oxidation sites excluding steroid dienone is 7. The van der Waals surface area contributed by atoms with Crippen LogP contribution in [0.2, 0.25) is 0 Å². The van der Waals surface area contributed by atoms with E-state index in [1.54, 1.807) is 6.08 Å². The van der Waals surface area contributed by atoms with Gasteiger partial charge in [0.15, 0.2) is 0 Å². The van der Waals surface area contributed by atoms with Crippen molar-refractivity contribution < 1.29 is 24.5 Å². The molecule has 0 rings (SSSR count). The number of aliphatic hydroxyl groups is 2. The maximum Gasteiger partial charge on any atom is 0.305 e.